The molecule has 12 heavy (non-hydrogen) atoms. The molecule has 1 heterocycles. The van der Waals surface area contributed by atoms with Crippen molar-refractivity contribution < 1.29 is 0 Å². The van der Waals surface area contributed by atoms with Crippen molar-refractivity contribution in [2.24, 2.45) is 5.73 Å². The Bertz CT molecular complexity index is 314. The monoisotopic (exact) mass is 202 g/mol. The van der Waals surface area contributed by atoms with Crippen LogP contribution in [0.1, 0.15) is 5.69 Å². The maximum absolute atomic E-state index is 5.54. The van der Waals surface area contributed by atoms with Gasteiger partial charge in [0.2, 0.25) is 5.28 Å². The topological polar surface area (TPSA) is 63.8 Å². The Balaban J connectivity index is 2.93. The molecule has 1 rings (SSSR count). The molecule has 64 valence electrons. The molecule has 0 fully saturated rings. The lowest BCUT2D eigenvalue weighted by Gasteiger charge is -2.05. The van der Waals surface area contributed by atoms with Crippen LogP contribution in [0.3, 0.4) is 0 Å². The molecule has 0 aliphatic rings. The predicted octanol–water partition coefficient (Wildman–Crippen LogP) is 1.09. The average Bonchev–Trinajstić information content (AvgIpc) is 1.94. The van der Waals surface area contributed by atoms with Crippen molar-refractivity contribution in [3.8, 4) is 0 Å². The normalized spacial score (nSPS) is 9.50. The summed E-state index contributed by atoms with van der Waals surface area (Å²) in [6.45, 7) is 1.79. The van der Waals surface area contributed by atoms with Crippen LogP contribution in [0.2, 0.25) is 5.28 Å². The first-order valence-electron chi connectivity index (χ1n) is 3.15. The van der Waals surface area contributed by atoms with E-state index in [-0.39, 0.29) is 10.4 Å². The molecule has 4 nitrogen and oxygen atoms in total. The molecule has 1 aromatic heterocycles. The van der Waals surface area contributed by atoms with E-state index in [9.17, 15) is 0 Å². The molecular weight excluding hydrogens is 196 g/mol. The number of anilines is 1. The van der Waals surface area contributed by atoms with Gasteiger partial charge in [0.25, 0.3) is 0 Å². The summed E-state index contributed by atoms with van der Waals surface area (Å²) in [5, 5.41) is 3.12. The fourth-order valence-electron chi connectivity index (χ4n) is 0.694. The standard InChI is InChI=1S/C6H7ClN4S/c1-3-4(11-6(8)12)2-9-5(7)10-3/h2H,1H3,(H3,8,11,12). The quantitative estimate of drug-likeness (QED) is 0.528. The van der Waals surface area contributed by atoms with Gasteiger partial charge in [-0.05, 0) is 30.7 Å². The highest BCUT2D eigenvalue weighted by Crippen LogP contribution is 2.11. The smallest absolute Gasteiger partial charge is 0.222 e. The summed E-state index contributed by atoms with van der Waals surface area (Å²) in [6.07, 6.45) is 1.53. The highest BCUT2D eigenvalue weighted by Gasteiger charge is 2.00. The number of aryl methyl sites for hydroxylation is 1. The molecular formula is C6H7ClN4S. The third-order valence-electron chi connectivity index (χ3n) is 1.21. The maximum atomic E-state index is 5.54. The summed E-state index contributed by atoms with van der Waals surface area (Å²) in [6, 6.07) is 0. The van der Waals surface area contributed by atoms with E-state index in [0.29, 0.717) is 11.4 Å². The number of hydrogen-bond donors (Lipinski definition) is 2. The van der Waals surface area contributed by atoms with Gasteiger partial charge >= 0.3 is 0 Å². The average molecular weight is 203 g/mol. The minimum atomic E-state index is 0.184. The molecule has 0 aromatic carbocycles. The van der Waals surface area contributed by atoms with E-state index in [4.69, 9.17) is 17.3 Å². The van der Waals surface area contributed by atoms with Crippen LogP contribution >= 0.6 is 23.8 Å². The van der Waals surface area contributed by atoms with Gasteiger partial charge in [0, 0.05) is 0 Å². The van der Waals surface area contributed by atoms with Crippen LogP contribution in [0.4, 0.5) is 5.69 Å². The fraction of sp³-hybridized carbons (Fsp3) is 0.167. The van der Waals surface area contributed by atoms with E-state index >= 15 is 0 Å². The number of aromatic nitrogens is 2. The van der Waals surface area contributed by atoms with Crippen molar-refractivity contribution >= 4 is 34.6 Å². The minimum Gasteiger partial charge on any atom is -0.376 e. The van der Waals surface area contributed by atoms with Crippen molar-refractivity contribution in [1.82, 2.24) is 9.97 Å². The highest BCUT2D eigenvalue weighted by molar-refractivity contribution is 7.80. The lowest BCUT2D eigenvalue weighted by atomic mass is 10.4. The molecule has 0 unspecified atom stereocenters. The summed E-state index contributed by atoms with van der Waals surface area (Å²) in [5.41, 5.74) is 6.65. The van der Waals surface area contributed by atoms with Gasteiger partial charge in [-0.3, -0.25) is 0 Å². The van der Waals surface area contributed by atoms with Crippen molar-refractivity contribution in [1.29, 1.82) is 0 Å². The summed E-state index contributed by atoms with van der Waals surface area (Å²) in [5.74, 6) is 0. The lowest BCUT2D eigenvalue weighted by molar-refractivity contribution is 1.11. The lowest BCUT2D eigenvalue weighted by Crippen LogP contribution is -2.19. The third-order valence-corrected chi connectivity index (χ3v) is 1.49. The Morgan fingerprint density at radius 1 is 1.75 bits per heavy atom. The van der Waals surface area contributed by atoms with Gasteiger partial charge in [-0.2, -0.15) is 0 Å². The van der Waals surface area contributed by atoms with E-state index in [1.807, 2.05) is 0 Å². The van der Waals surface area contributed by atoms with Crippen LogP contribution in [-0.4, -0.2) is 15.1 Å². The Hall–Kier alpha value is -0.940. The van der Waals surface area contributed by atoms with Crippen LogP contribution < -0.4 is 11.1 Å². The van der Waals surface area contributed by atoms with Crippen LogP contribution in [0.15, 0.2) is 6.20 Å². The zero-order valence-electron chi connectivity index (χ0n) is 6.34. The molecule has 0 saturated heterocycles. The van der Waals surface area contributed by atoms with Crippen LogP contribution in [0.25, 0.3) is 0 Å². The molecule has 0 radical (unpaired) electrons. The molecule has 0 bridgehead atoms. The zero-order chi connectivity index (χ0) is 9.14. The Kier molecular flexibility index (Phi) is 2.78. The number of thiocarbonyl (C=S) groups is 1. The van der Waals surface area contributed by atoms with E-state index in [0.717, 1.165) is 0 Å². The summed E-state index contributed by atoms with van der Waals surface area (Å²) >= 11 is 10.2. The molecule has 0 aliphatic carbocycles. The second kappa shape index (κ2) is 3.64. The minimum absolute atomic E-state index is 0.184. The first-order valence-corrected chi connectivity index (χ1v) is 3.94. The second-order valence-electron chi connectivity index (χ2n) is 2.13. The van der Waals surface area contributed by atoms with Crippen LogP contribution in [-0.2, 0) is 0 Å². The largest absolute Gasteiger partial charge is 0.376 e. The third kappa shape index (κ3) is 2.28. The van der Waals surface area contributed by atoms with Gasteiger partial charge in [0.15, 0.2) is 5.11 Å². The van der Waals surface area contributed by atoms with E-state index in [1.54, 1.807) is 6.92 Å². The van der Waals surface area contributed by atoms with Crippen LogP contribution in [0, 0.1) is 6.92 Å². The van der Waals surface area contributed by atoms with Crippen molar-refractivity contribution in [2.45, 2.75) is 6.92 Å². The molecule has 0 atom stereocenters. The summed E-state index contributed by atoms with van der Waals surface area (Å²) in [7, 11) is 0. The molecule has 0 spiro atoms. The maximum Gasteiger partial charge on any atom is 0.222 e. The van der Waals surface area contributed by atoms with Crippen molar-refractivity contribution in [2.75, 3.05) is 5.32 Å². The number of nitrogens with two attached hydrogens (primary N) is 1. The van der Waals surface area contributed by atoms with Gasteiger partial charge in [-0.25, -0.2) is 9.97 Å². The highest BCUT2D eigenvalue weighted by atomic mass is 35.5. The summed E-state index contributed by atoms with van der Waals surface area (Å²) in [4.78, 5) is 7.67. The first-order chi connectivity index (χ1) is 5.59. The van der Waals surface area contributed by atoms with E-state index in [2.05, 4.69) is 27.5 Å². The van der Waals surface area contributed by atoms with Gasteiger partial charge in [0.05, 0.1) is 17.6 Å². The fourth-order valence-corrected chi connectivity index (χ4v) is 0.980. The van der Waals surface area contributed by atoms with Gasteiger partial charge in [-0.1, -0.05) is 0 Å². The van der Waals surface area contributed by atoms with E-state index in [1.165, 1.54) is 6.20 Å². The molecule has 0 saturated carbocycles. The summed E-state index contributed by atoms with van der Waals surface area (Å²) < 4.78 is 0. The van der Waals surface area contributed by atoms with Gasteiger partial charge in [0.1, 0.15) is 0 Å². The second-order valence-corrected chi connectivity index (χ2v) is 2.91. The number of rotatable bonds is 1. The van der Waals surface area contributed by atoms with Gasteiger partial charge in [-0.15, -0.1) is 0 Å². The Morgan fingerprint density at radius 2 is 2.42 bits per heavy atom. The molecule has 3 N–H and O–H groups in total. The Labute approximate surface area is 80.2 Å². The van der Waals surface area contributed by atoms with E-state index < -0.39 is 0 Å². The number of halogens is 1. The first kappa shape index (κ1) is 9.15. The van der Waals surface area contributed by atoms with Gasteiger partial charge < -0.3 is 11.1 Å². The number of nitrogens with one attached hydrogen (secondary N) is 1. The molecule has 6 heteroatoms. The zero-order valence-corrected chi connectivity index (χ0v) is 7.91. The SMILES string of the molecule is Cc1nc(Cl)ncc1NC(N)=S. The Morgan fingerprint density at radius 3 is 2.92 bits per heavy atom. The van der Waals surface area contributed by atoms with Crippen molar-refractivity contribution in [3.05, 3.63) is 17.2 Å². The molecule has 0 amide bonds. The van der Waals surface area contributed by atoms with Crippen LogP contribution in [0.5, 0.6) is 0 Å². The number of nitrogens with zero attached hydrogens (tertiary/aromatic N) is 2. The molecule has 0 aliphatic heterocycles. The van der Waals surface area contributed by atoms with Crippen molar-refractivity contribution in [3.63, 3.8) is 0 Å². The predicted molar refractivity (Wildman–Crippen MR) is 52.2 cm³/mol. The number of hydrogen-bond acceptors (Lipinski definition) is 3. The molecule has 1 aromatic rings.